The molecule has 0 aromatic heterocycles. The van der Waals surface area contributed by atoms with Crippen molar-refractivity contribution < 1.29 is 28.0 Å². The van der Waals surface area contributed by atoms with Crippen LogP contribution in [0.5, 0.6) is 0 Å². The van der Waals surface area contributed by atoms with Crippen molar-refractivity contribution in [3.05, 3.63) is 36.5 Å². The van der Waals surface area contributed by atoms with Gasteiger partial charge in [0.15, 0.2) is 0 Å². The first-order chi connectivity index (χ1) is 23.2. The lowest BCUT2D eigenvalue weighted by Gasteiger charge is -2.22. The largest absolute Gasteiger partial charge is 0.387 e. The van der Waals surface area contributed by atoms with Crippen molar-refractivity contribution in [3.63, 3.8) is 0 Å². The summed E-state index contributed by atoms with van der Waals surface area (Å²) in [7, 11) is -4.45. The Balaban J connectivity index is 4.13. The standard InChI is InChI=1S/C40H75NO6S/c1-3-5-7-9-11-13-15-16-17-18-19-20-21-22-23-25-26-28-30-32-34-38(42)37(36-48(45,46)47)41-40(44)39(43)35-33-31-29-27-24-14-12-10-8-6-4-2/h20-21,25-26,32,34,37-39,42-43H,3-19,22-24,27-31,33,35-36H2,1-2H3,(H,41,44)(H,45,46,47)/b21-20+,26-25+,34-32+. The van der Waals surface area contributed by atoms with Gasteiger partial charge in [0.2, 0.25) is 5.91 Å². The fraction of sp³-hybridized carbons (Fsp3) is 0.825. The number of aliphatic hydroxyl groups is 2. The molecule has 4 N–H and O–H groups in total. The van der Waals surface area contributed by atoms with E-state index in [0.717, 1.165) is 44.9 Å². The van der Waals surface area contributed by atoms with Crippen molar-refractivity contribution in [2.45, 2.75) is 205 Å². The predicted octanol–water partition coefficient (Wildman–Crippen LogP) is 10.3. The van der Waals surface area contributed by atoms with Crippen LogP contribution < -0.4 is 5.32 Å². The maximum absolute atomic E-state index is 12.5. The minimum absolute atomic E-state index is 0.273. The quantitative estimate of drug-likeness (QED) is 0.0297. The van der Waals surface area contributed by atoms with Crippen LogP contribution in [0.2, 0.25) is 0 Å². The zero-order chi connectivity index (χ0) is 35.6. The molecule has 8 heteroatoms. The van der Waals surface area contributed by atoms with E-state index < -0.39 is 40.0 Å². The van der Waals surface area contributed by atoms with E-state index >= 15 is 0 Å². The number of nitrogens with one attached hydrogen (secondary N) is 1. The van der Waals surface area contributed by atoms with Gasteiger partial charge in [-0.15, -0.1) is 0 Å². The molecule has 0 saturated carbocycles. The van der Waals surface area contributed by atoms with Crippen molar-refractivity contribution in [1.29, 1.82) is 0 Å². The van der Waals surface area contributed by atoms with Gasteiger partial charge < -0.3 is 15.5 Å². The smallest absolute Gasteiger partial charge is 0.267 e. The van der Waals surface area contributed by atoms with Gasteiger partial charge in [-0.1, -0.05) is 179 Å². The summed E-state index contributed by atoms with van der Waals surface area (Å²) in [6.45, 7) is 4.48. The van der Waals surface area contributed by atoms with Crippen LogP contribution in [-0.2, 0) is 14.9 Å². The first-order valence-corrected chi connectivity index (χ1v) is 21.4. The van der Waals surface area contributed by atoms with Crippen LogP contribution in [0.15, 0.2) is 36.5 Å². The third kappa shape index (κ3) is 33.0. The minimum atomic E-state index is -4.45. The maximum Gasteiger partial charge on any atom is 0.267 e. The SMILES string of the molecule is CCCCCCCCCCCC/C=C/CC/C=C/CC/C=C/C(O)C(CS(=O)(=O)O)NC(=O)C(O)CCCCCCCCCCCCC. The normalized spacial score (nSPS) is 14.4. The van der Waals surface area contributed by atoms with E-state index in [1.54, 1.807) is 6.08 Å². The molecule has 0 radical (unpaired) electrons. The van der Waals surface area contributed by atoms with Gasteiger partial charge in [-0.05, 0) is 44.9 Å². The molecule has 0 heterocycles. The number of amides is 1. The Hall–Kier alpha value is -1.48. The number of aliphatic hydroxyl groups excluding tert-OH is 2. The fourth-order valence-electron chi connectivity index (χ4n) is 5.84. The number of rotatable bonds is 35. The molecule has 0 bridgehead atoms. The average Bonchev–Trinajstić information content (AvgIpc) is 3.05. The van der Waals surface area contributed by atoms with Gasteiger partial charge in [0.1, 0.15) is 6.10 Å². The Labute approximate surface area is 296 Å². The number of hydrogen-bond acceptors (Lipinski definition) is 5. The molecule has 0 fully saturated rings. The summed E-state index contributed by atoms with van der Waals surface area (Å²) < 4.78 is 32.4. The topological polar surface area (TPSA) is 124 Å². The molecule has 0 rings (SSSR count). The van der Waals surface area contributed by atoms with Crippen molar-refractivity contribution in [3.8, 4) is 0 Å². The van der Waals surface area contributed by atoms with Crippen LogP contribution in [-0.4, -0.2) is 53.1 Å². The van der Waals surface area contributed by atoms with Crippen LogP contribution in [0.25, 0.3) is 0 Å². The highest BCUT2D eigenvalue weighted by atomic mass is 32.2. The lowest BCUT2D eigenvalue weighted by molar-refractivity contribution is -0.130. The van der Waals surface area contributed by atoms with E-state index in [9.17, 15) is 28.0 Å². The van der Waals surface area contributed by atoms with E-state index in [1.807, 2.05) is 0 Å². The Morgan fingerprint density at radius 2 is 0.938 bits per heavy atom. The van der Waals surface area contributed by atoms with Gasteiger partial charge in [-0.25, -0.2) is 0 Å². The highest BCUT2D eigenvalue weighted by Crippen LogP contribution is 2.14. The molecular weight excluding hydrogens is 623 g/mol. The van der Waals surface area contributed by atoms with Crippen LogP contribution >= 0.6 is 0 Å². The summed E-state index contributed by atoms with van der Waals surface area (Å²) >= 11 is 0. The number of carbonyl (C=O) groups excluding carboxylic acids is 1. The van der Waals surface area contributed by atoms with E-state index in [4.69, 9.17) is 0 Å². The number of allylic oxidation sites excluding steroid dienone is 5. The molecule has 3 unspecified atom stereocenters. The van der Waals surface area contributed by atoms with Crippen molar-refractivity contribution in [2.24, 2.45) is 0 Å². The first kappa shape index (κ1) is 46.5. The summed E-state index contributed by atoms with van der Waals surface area (Å²) in [5.74, 6) is -1.56. The first-order valence-electron chi connectivity index (χ1n) is 19.8. The molecule has 7 nitrogen and oxygen atoms in total. The second-order valence-electron chi connectivity index (χ2n) is 13.7. The second kappa shape index (κ2) is 34.0. The monoisotopic (exact) mass is 698 g/mol. The highest BCUT2D eigenvalue weighted by Gasteiger charge is 2.27. The Morgan fingerprint density at radius 3 is 1.38 bits per heavy atom. The Bertz CT molecular complexity index is 917. The predicted molar refractivity (Wildman–Crippen MR) is 204 cm³/mol. The molecule has 0 saturated heterocycles. The summed E-state index contributed by atoms with van der Waals surface area (Å²) in [5, 5.41) is 23.3. The molecular formula is C40H75NO6S. The molecule has 0 aromatic rings. The number of unbranched alkanes of at least 4 members (excludes halogenated alkanes) is 22. The van der Waals surface area contributed by atoms with Gasteiger partial charge >= 0.3 is 0 Å². The van der Waals surface area contributed by atoms with Crippen LogP contribution in [0.4, 0.5) is 0 Å². The highest BCUT2D eigenvalue weighted by molar-refractivity contribution is 7.85. The van der Waals surface area contributed by atoms with Crippen LogP contribution in [0.1, 0.15) is 187 Å². The van der Waals surface area contributed by atoms with E-state index in [1.165, 1.54) is 115 Å². The molecule has 0 aliphatic heterocycles. The third-order valence-electron chi connectivity index (χ3n) is 8.90. The summed E-state index contributed by atoms with van der Waals surface area (Å²) in [6.07, 6.45) is 40.6. The Kier molecular flexibility index (Phi) is 32.9. The molecule has 0 spiro atoms. The van der Waals surface area contributed by atoms with Crippen LogP contribution in [0.3, 0.4) is 0 Å². The fourth-order valence-corrected chi connectivity index (χ4v) is 6.57. The Morgan fingerprint density at radius 1 is 0.562 bits per heavy atom. The van der Waals surface area contributed by atoms with Gasteiger partial charge in [0.05, 0.1) is 17.9 Å². The van der Waals surface area contributed by atoms with Crippen LogP contribution in [0, 0.1) is 0 Å². The number of carbonyl (C=O) groups is 1. The third-order valence-corrected chi connectivity index (χ3v) is 9.69. The molecule has 0 aliphatic rings. The molecule has 0 aliphatic carbocycles. The zero-order valence-corrected chi connectivity index (χ0v) is 31.8. The van der Waals surface area contributed by atoms with E-state index in [0.29, 0.717) is 12.8 Å². The van der Waals surface area contributed by atoms with Crippen molar-refractivity contribution in [1.82, 2.24) is 5.32 Å². The van der Waals surface area contributed by atoms with Crippen molar-refractivity contribution in [2.75, 3.05) is 5.75 Å². The summed E-state index contributed by atoms with van der Waals surface area (Å²) in [4.78, 5) is 12.5. The maximum atomic E-state index is 12.5. The van der Waals surface area contributed by atoms with Crippen molar-refractivity contribution >= 4 is 16.0 Å². The molecule has 0 aromatic carbocycles. The molecule has 48 heavy (non-hydrogen) atoms. The van der Waals surface area contributed by atoms with Gasteiger partial charge in [0, 0.05) is 0 Å². The average molecular weight is 698 g/mol. The zero-order valence-electron chi connectivity index (χ0n) is 31.0. The number of hydrogen-bond donors (Lipinski definition) is 4. The van der Waals surface area contributed by atoms with E-state index in [-0.39, 0.29) is 6.42 Å². The second-order valence-corrected chi connectivity index (χ2v) is 15.2. The lowest BCUT2D eigenvalue weighted by atomic mass is 10.0. The summed E-state index contributed by atoms with van der Waals surface area (Å²) in [6, 6.07) is -1.25. The lowest BCUT2D eigenvalue weighted by Crippen LogP contribution is -2.50. The summed E-state index contributed by atoms with van der Waals surface area (Å²) in [5.41, 5.74) is 0. The van der Waals surface area contributed by atoms with E-state index in [2.05, 4.69) is 43.5 Å². The minimum Gasteiger partial charge on any atom is -0.387 e. The molecule has 1 amide bonds. The van der Waals surface area contributed by atoms with Gasteiger partial charge in [-0.2, -0.15) is 8.42 Å². The molecule has 3 atom stereocenters. The van der Waals surface area contributed by atoms with Gasteiger partial charge in [0.25, 0.3) is 10.1 Å². The molecule has 282 valence electrons. The van der Waals surface area contributed by atoms with Gasteiger partial charge in [-0.3, -0.25) is 9.35 Å².